The zero-order chi connectivity index (χ0) is 14.4. The Morgan fingerprint density at radius 1 is 1.60 bits per heavy atom. The number of amides is 1. The summed E-state index contributed by atoms with van der Waals surface area (Å²) in [6.45, 7) is 5.40. The minimum Gasteiger partial charge on any atom is -0.349 e. The number of nitrogens with one attached hydrogen (secondary N) is 1. The van der Waals surface area contributed by atoms with Gasteiger partial charge >= 0.3 is 0 Å². The summed E-state index contributed by atoms with van der Waals surface area (Å²) < 4.78 is 0. The summed E-state index contributed by atoms with van der Waals surface area (Å²) in [5.74, 6) is -0.0917. The second-order valence-electron chi connectivity index (χ2n) is 5.18. The summed E-state index contributed by atoms with van der Waals surface area (Å²) in [7, 11) is 0. The standard InChI is InChI=1S/C14H24N4OS/c1-2-11-5-3-4-7-18(11)8-6-16-14(19)12-10-20-13(9-15)17-12/h10-11H,2-9,15H2,1H3,(H,16,19). The van der Waals surface area contributed by atoms with Gasteiger partial charge in [-0.15, -0.1) is 11.3 Å². The quantitative estimate of drug-likeness (QED) is 0.836. The average molecular weight is 296 g/mol. The van der Waals surface area contributed by atoms with Crippen molar-refractivity contribution >= 4 is 17.2 Å². The summed E-state index contributed by atoms with van der Waals surface area (Å²) in [6.07, 6.45) is 5.09. The van der Waals surface area contributed by atoms with Crippen LogP contribution < -0.4 is 11.1 Å². The number of likely N-dealkylation sites (tertiary alicyclic amines) is 1. The highest BCUT2D eigenvalue weighted by atomic mass is 32.1. The van der Waals surface area contributed by atoms with E-state index in [4.69, 9.17) is 5.73 Å². The average Bonchev–Trinajstić information content (AvgIpc) is 2.96. The van der Waals surface area contributed by atoms with Crippen molar-refractivity contribution in [1.29, 1.82) is 0 Å². The highest BCUT2D eigenvalue weighted by Crippen LogP contribution is 2.18. The van der Waals surface area contributed by atoms with Crippen LogP contribution >= 0.6 is 11.3 Å². The molecule has 0 saturated carbocycles. The van der Waals surface area contributed by atoms with Crippen LogP contribution in [0.1, 0.15) is 48.1 Å². The highest BCUT2D eigenvalue weighted by Gasteiger charge is 2.20. The van der Waals surface area contributed by atoms with Crippen LogP contribution in [0.4, 0.5) is 0 Å². The monoisotopic (exact) mass is 296 g/mol. The van der Waals surface area contributed by atoms with Crippen LogP contribution in [0.3, 0.4) is 0 Å². The van der Waals surface area contributed by atoms with Gasteiger partial charge in [0.2, 0.25) is 0 Å². The van der Waals surface area contributed by atoms with E-state index < -0.39 is 0 Å². The van der Waals surface area contributed by atoms with Crippen LogP contribution in [0.15, 0.2) is 5.38 Å². The number of hydrogen-bond acceptors (Lipinski definition) is 5. The van der Waals surface area contributed by atoms with Crippen molar-refractivity contribution in [2.45, 2.75) is 45.2 Å². The van der Waals surface area contributed by atoms with Crippen molar-refractivity contribution in [1.82, 2.24) is 15.2 Å². The van der Waals surface area contributed by atoms with Gasteiger partial charge in [-0.1, -0.05) is 13.3 Å². The minimum absolute atomic E-state index is 0.0917. The zero-order valence-corrected chi connectivity index (χ0v) is 12.9. The molecule has 1 unspecified atom stereocenters. The molecule has 6 heteroatoms. The molecule has 1 saturated heterocycles. The van der Waals surface area contributed by atoms with E-state index in [-0.39, 0.29) is 5.91 Å². The SMILES string of the molecule is CCC1CCCCN1CCNC(=O)c1csc(CN)n1. The fourth-order valence-corrected chi connectivity index (χ4v) is 3.38. The molecule has 1 amide bonds. The molecule has 0 aromatic carbocycles. The lowest BCUT2D eigenvalue weighted by molar-refractivity contribution is 0.0930. The molecule has 5 nitrogen and oxygen atoms in total. The molecule has 0 aliphatic carbocycles. The molecule has 0 bridgehead atoms. The van der Waals surface area contributed by atoms with E-state index in [9.17, 15) is 4.79 Å². The van der Waals surface area contributed by atoms with Crippen molar-refractivity contribution in [2.24, 2.45) is 5.73 Å². The molecule has 20 heavy (non-hydrogen) atoms. The van der Waals surface area contributed by atoms with Crippen LogP contribution in [-0.2, 0) is 6.54 Å². The van der Waals surface area contributed by atoms with Crippen molar-refractivity contribution < 1.29 is 4.79 Å². The molecular weight excluding hydrogens is 272 g/mol. The van der Waals surface area contributed by atoms with Gasteiger partial charge < -0.3 is 11.1 Å². The Bertz CT molecular complexity index is 435. The van der Waals surface area contributed by atoms with Gasteiger partial charge in [0.25, 0.3) is 5.91 Å². The first-order chi connectivity index (χ1) is 9.74. The van der Waals surface area contributed by atoms with Crippen LogP contribution in [0, 0.1) is 0 Å². The van der Waals surface area contributed by atoms with Crippen LogP contribution in [-0.4, -0.2) is 41.5 Å². The number of aromatic nitrogens is 1. The molecule has 1 aromatic heterocycles. The van der Waals surface area contributed by atoms with E-state index in [1.54, 1.807) is 5.38 Å². The Kier molecular flexibility index (Phi) is 5.94. The van der Waals surface area contributed by atoms with Crippen LogP contribution in [0.25, 0.3) is 0 Å². The maximum absolute atomic E-state index is 11.9. The number of nitrogens with two attached hydrogens (primary N) is 1. The van der Waals surface area contributed by atoms with E-state index in [2.05, 4.69) is 22.1 Å². The normalized spacial score (nSPS) is 20.0. The molecule has 2 heterocycles. The van der Waals surface area contributed by atoms with Gasteiger partial charge in [0.05, 0.1) is 0 Å². The molecule has 0 radical (unpaired) electrons. The number of nitrogens with zero attached hydrogens (tertiary/aromatic N) is 2. The summed E-state index contributed by atoms with van der Waals surface area (Å²) >= 11 is 1.44. The molecule has 1 atom stereocenters. The molecule has 0 spiro atoms. The molecule has 1 aromatic rings. The molecule has 1 aliphatic rings. The second-order valence-corrected chi connectivity index (χ2v) is 6.12. The van der Waals surface area contributed by atoms with E-state index in [1.807, 2.05) is 0 Å². The first-order valence-corrected chi connectivity index (χ1v) is 8.29. The predicted molar refractivity (Wildman–Crippen MR) is 81.8 cm³/mol. The van der Waals surface area contributed by atoms with E-state index in [0.717, 1.165) is 18.1 Å². The van der Waals surface area contributed by atoms with E-state index in [0.29, 0.717) is 24.8 Å². The molecule has 1 fully saturated rings. The summed E-state index contributed by atoms with van der Waals surface area (Å²) in [6, 6.07) is 0.684. The Hall–Kier alpha value is -0.980. The Morgan fingerprint density at radius 3 is 3.15 bits per heavy atom. The fourth-order valence-electron chi connectivity index (χ4n) is 2.73. The fraction of sp³-hybridized carbons (Fsp3) is 0.714. The van der Waals surface area contributed by atoms with Gasteiger partial charge in [-0.25, -0.2) is 4.98 Å². The van der Waals surface area contributed by atoms with Gasteiger partial charge in [-0.05, 0) is 25.8 Å². The molecule has 112 valence electrons. The lowest BCUT2D eigenvalue weighted by atomic mass is 10.0. The second kappa shape index (κ2) is 7.71. The van der Waals surface area contributed by atoms with Crippen LogP contribution in [0.5, 0.6) is 0 Å². The van der Waals surface area contributed by atoms with Gasteiger partial charge in [0.1, 0.15) is 10.7 Å². The molecular formula is C14H24N4OS. The van der Waals surface area contributed by atoms with E-state index in [1.165, 1.54) is 37.0 Å². The summed E-state index contributed by atoms with van der Waals surface area (Å²) in [5.41, 5.74) is 5.99. The molecule has 2 rings (SSSR count). The van der Waals surface area contributed by atoms with Gasteiger partial charge in [-0.3, -0.25) is 9.69 Å². The topological polar surface area (TPSA) is 71.2 Å². The summed E-state index contributed by atoms with van der Waals surface area (Å²) in [5, 5.41) is 5.53. The van der Waals surface area contributed by atoms with Gasteiger partial charge in [0, 0.05) is 31.1 Å². The lowest BCUT2D eigenvalue weighted by Crippen LogP contribution is -2.43. The number of rotatable bonds is 6. The summed E-state index contributed by atoms with van der Waals surface area (Å²) in [4.78, 5) is 18.6. The highest BCUT2D eigenvalue weighted by molar-refractivity contribution is 7.09. The third-order valence-electron chi connectivity index (χ3n) is 3.86. The first-order valence-electron chi connectivity index (χ1n) is 7.41. The largest absolute Gasteiger partial charge is 0.349 e. The van der Waals surface area contributed by atoms with Gasteiger partial charge in [-0.2, -0.15) is 0 Å². The number of carbonyl (C=O) groups excluding carboxylic acids is 1. The van der Waals surface area contributed by atoms with Crippen molar-refractivity contribution in [3.8, 4) is 0 Å². The Labute approximate surface area is 124 Å². The first kappa shape index (κ1) is 15.4. The smallest absolute Gasteiger partial charge is 0.270 e. The number of thiazole rings is 1. The zero-order valence-electron chi connectivity index (χ0n) is 12.1. The lowest BCUT2D eigenvalue weighted by Gasteiger charge is -2.35. The number of hydrogen-bond donors (Lipinski definition) is 2. The van der Waals surface area contributed by atoms with Crippen molar-refractivity contribution in [3.05, 3.63) is 16.1 Å². The Balaban J connectivity index is 1.75. The molecule has 3 N–H and O–H groups in total. The minimum atomic E-state index is -0.0917. The van der Waals surface area contributed by atoms with Gasteiger partial charge in [0.15, 0.2) is 0 Å². The maximum atomic E-state index is 11.9. The number of piperidine rings is 1. The van der Waals surface area contributed by atoms with Crippen molar-refractivity contribution in [3.63, 3.8) is 0 Å². The molecule has 1 aliphatic heterocycles. The Morgan fingerprint density at radius 2 is 2.45 bits per heavy atom. The predicted octanol–water partition coefficient (Wildman–Crippen LogP) is 1.60. The number of carbonyl (C=O) groups is 1. The van der Waals surface area contributed by atoms with Crippen LogP contribution in [0.2, 0.25) is 0 Å². The van der Waals surface area contributed by atoms with E-state index >= 15 is 0 Å². The van der Waals surface area contributed by atoms with Crippen molar-refractivity contribution in [2.75, 3.05) is 19.6 Å². The third-order valence-corrected chi connectivity index (χ3v) is 4.74. The maximum Gasteiger partial charge on any atom is 0.270 e. The third kappa shape index (κ3) is 4.01.